The minimum atomic E-state index is -3.90. The number of phenols is 2. The van der Waals surface area contributed by atoms with Crippen molar-refractivity contribution in [3.63, 3.8) is 0 Å². The lowest BCUT2D eigenvalue weighted by Crippen LogP contribution is -2.36. The molecule has 0 aromatic heterocycles. The van der Waals surface area contributed by atoms with Crippen LogP contribution in [0.5, 0.6) is 11.5 Å². The quantitative estimate of drug-likeness (QED) is 0.476. The van der Waals surface area contributed by atoms with E-state index in [4.69, 9.17) is 0 Å². The van der Waals surface area contributed by atoms with E-state index in [0.29, 0.717) is 30.6 Å². The summed E-state index contributed by atoms with van der Waals surface area (Å²) < 4.78 is 28.9. The van der Waals surface area contributed by atoms with E-state index in [1.165, 1.54) is 10.4 Å². The molecule has 0 saturated carbocycles. The van der Waals surface area contributed by atoms with Crippen LogP contribution < -0.4 is 0 Å². The maximum absolute atomic E-state index is 13.7. The maximum atomic E-state index is 13.7. The summed E-state index contributed by atoms with van der Waals surface area (Å²) >= 11 is 0. The van der Waals surface area contributed by atoms with Crippen LogP contribution in [0.2, 0.25) is 0 Å². The van der Waals surface area contributed by atoms with E-state index in [0.717, 1.165) is 55.2 Å². The van der Waals surface area contributed by atoms with E-state index in [1.807, 2.05) is 32.0 Å². The van der Waals surface area contributed by atoms with Gasteiger partial charge in [0.2, 0.25) is 10.0 Å². The molecule has 3 rings (SSSR count). The molecule has 0 spiro atoms. The standard InChI is InChI=1S/C26H35NO4S/c1-5-6-8-11-20-17-23(28)24(22-16-19(4)12-13-21(22)18(2)3)25(29)26(20)32(30,31)27-14-9-7-10-15-27/h12-13,16-17,28-29H,2,5-11,14-15H2,1,3-4H3. The predicted molar refractivity (Wildman–Crippen MR) is 130 cm³/mol. The second-order valence-corrected chi connectivity index (χ2v) is 10.7. The second-order valence-electron chi connectivity index (χ2n) is 8.86. The lowest BCUT2D eigenvalue weighted by atomic mass is 9.91. The van der Waals surface area contributed by atoms with Gasteiger partial charge < -0.3 is 10.2 Å². The highest BCUT2D eigenvalue weighted by Crippen LogP contribution is 2.47. The van der Waals surface area contributed by atoms with Crippen LogP contribution in [0.3, 0.4) is 0 Å². The predicted octanol–water partition coefficient (Wildman–Crippen LogP) is 6.01. The van der Waals surface area contributed by atoms with Gasteiger partial charge in [0.25, 0.3) is 0 Å². The van der Waals surface area contributed by atoms with Crippen LogP contribution in [0, 0.1) is 6.92 Å². The highest BCUT2D eigenvalue weighted by molar-refractivity contribution is 7.89. The number of rotatable bonds is 8. The molecule has 2 aromatic carbocycles. The fraction of sp³-hybridized carbons (Fsp3) is 0.462. The van der Waals surface area contributed by atoms with E-state index in [-0.39, 0.29) is 22.0 Å². The number of hydrogen-bond acceptors (Lipinski definition) is 4. The van der Waals surface area contributed by atoms with E-state index < -0.39 is 10.0 Å². The molecule has 32 heavy (non-hydrogen) atoms. The molecular formula is C26H35NO4S. The number of phenolic OH excluding ortho intramolecular Hbond substituents is 2. The van der Waals surface area contributed by atoms with Crippen molar-refractivity contribution in [3.8, 4) is 22.6 Å². The molecule has 1 aliphatic heterocycles. The number of piperidine rings is 1. The Balaban J connectivity index is 2.27. The van der Waals surface area contributed by atoms with Gasteiger partial charge in [-0.25, -0.2) is 8.42 Å². The van der Waals surface area contributed by atoms with Gasteiger partial charge >= 0.3 is 0 Å². The molecule has 0 amide bonds. The average molecular weight is 458 g/mol. The number of nitrogens with zero attached hydrogens (tertiary/aromatic N) is 1. The summed E-state index contributed by atoms with van der Waals surface area (Å²) in [5.74, 6) is -0.477. The van der Waals surface area contributed by atoms with Gasteiger partial charge in [0.05, 0.1) is 5.56 Å². The van der Waals surface area contributed by atoms with Gasteiger partial charge in [0, 0.05) is 13.1 Å². The molecule has 0 aliphatic carbocycles. The Bertz CT molecular complexity index is 1100. The Morgan fingerprint density at radius 1 is 1.09 bits per heavy atom. The number of sulfonamides is 1. The first-order valence-corrected chi connectivity index (χ1v) is 13.0. The highest BCUT2D eigenvalue weighted by atomic mass is 32.2. The Kier molecular flexibility index (Phi) is 7.67. The number of aromatic hydroxyl groups is 2. The molecule has 1 aliphatic rings. The average Bonchev–Trinajstić information content (AvgIpc) is 2.74. The molecule has 174 valence electrons. The van der Waals surface area contributed by atoms with Crippen molar-refractivity contribution in [2.45, 2.75) is 70.6 Å². The first-order valence-electron chi connectivity index (χ1n) is 11.5. The fourth-order valence-corrected chi connectivity index (χ4v) is 6.30. The molecule has 2 N–H and O–H groups in total. The summed E-state index contributed by atoms with van der Waals surface area (Å²) in [6, 6.07) is 7.21. The Hall–Kier alpha value is -2.31. The molecule has 0 radical (unpaired) electrons. The van der Waals surface area contributed by atoms with E-state index in [9.17, 15) is 18.6 Å². The Labute approximate surface area is 192 Å². The maximum Gasteiger partial charge on any atom is 0.247 e. The van der Waals surface area contributed by atoms with Crippen molar-refractivity contribution in [2.24, 2.45) is 0 Å². The van der Waals surface area contributed by atoms with Crippen LogP contribution in [-0.2, 0) is 16.4 Å². The molecule has 0 atom stereocenters. The topological polar surface area (TPSA) is 77.8 Å². The lowest BCUT2D eigenvalue weighted by Gasteiger charge is -2.28. The number of hydrogen-bond donors (Lipinski definition) is 2. The highest BCUT2D eigenvalue weighted by Gasteiger charge is 2.34. The first kappa shape index (κ1) is 24.3. The van der Waals surface area contributed by atoms with E-state index in [2.05, 4.69) is 13.5 Å². The second kappa shape index (κ2) is 10.1. The first-order chi connectivity index (χ1) is 15.2. The number of aryl methyl sites for hydroxylation is 2. The van der Waals surface area contributed by atoms with Gasteiger partial charge in [-0.05, 0) is 62.3 Å². The molecular weight excluding hydrogens is 422 g/mol. The Morgan fingerprint density at radius 3 is 2.41 bits per heavy atom. The SMILES string of the molecule is C=C(C)c1ccc(C)cc1-c1c(O)cc(CCCCC)c(S(=O)(=O)N2CCCCC2)c1O. The zero-order valence-corrected chi connectivity index (χ0v) is 20.3. The summed E-state index contributed by atoms with van der Waals surface area (Å²) in [4.78, 5) is -0.0579. The summed E-state index contributed by atoms with van der Waals surface area (Å²) in [5.41, 5.74) is 3.69. The third kappa shape index (κ3) is 4.86. The molecule has 0 unspecified atom stereocenters. The van der Waals surface area contributed by atoms with E-state index >= 15 is 0 Å². The van der Waals surface area contributed by atoms with Gasteiger partial charge in [-0.15, -0.1) is 0 Å². The van der Waals surface area contributed by atoms with Crippen molar-refractivity contribution in [1.82, 2.24) is 4.31 Å². The summed E-state index contributed by atoms with van der Waals surface area (Å²) in [6.07, 6.45) is 5.85. The van der Waals surface area contributed by atoms with Crippen molar-refractivity contribution < 1.29 is 18.6 Å². The largest absolute Gasteiger partial charge is 0.507 e. The lowest BCUT2D eigenvalue weighted by molar-refractivity contribution is 0.344. The van der Waals surface area contributed by atoms with Crippen molar-refractivity contribution in [2.75, 3.05) is 13.1 Å². The van der Waals surface area contributed by atoms with Crippen LogP contribution in [0.25, 0.3) is 16.7 Å². The molecule has 1 saturated heterocycles. The van der Waals surface area contributed by atoms with Crippen LogP contribution >= 0.6 is 0 Å². The van der Waals surface area contributed by atoms with Crippen molar-refractivity contribution in [1.29, 1.82) is 0 Å². The van der Waals surface area contributed by atoms with Gasteiger partial charge in [-0.3, -0.25) is 0 Å². The van der Waals surface area contributed by atoms with E-state index in [1.54, 1.807) is 0 Å². The van der Waals surface area contributed by atoms with Crippen LogP contribution in [0.1, 0.15) is 69.1 Å². The summed E-state index contributed by atoms with van der Waals surface area (Å²) in [5, 5.41) is 22.4. The van der Waals surface area contributed by atoms with Crippen LogP contribution in [0.4, 0.5) is 0 Å². The van der Waals surface area contributed by atoms with Crippen molar-refractivity contribution in [3.05, 3.63) is 47.5 Å². The third-order valence-corrected chi connectivity index (χ3v) is 8.19. The molecule has 5 nitrogen and oxygen atoms in total. The monoisotopic (exact) mass is 457 g/mol. The van der Waals surface area contributed by atoms with Crippen LogP contribution in [-0.4, -0.2) is 36.0 Å². The zero-order chi connectivity index (χ0) is 23.5. The molecule has 6 heteroatoms. The molecule has 2 aromatic rings. The summed E-state index contributed by atoms with van der Waals surface area (Å²) in [7, 11) is -3.90. The minimum Gasteiger partial charge on any atom is -0.507 e. The smallest absolute Gasteiger partial charge is 0.247 e. The molecule has 1 fully saturated rings. The van der Waals surface area contributed by atoms with Gasteiger partial charge in [-0.1, -0.05) is 62.1 Å². The minimum absolute atomic E-state index is 0.0579. The van der Waals surface area contributed by atoms with Gasteiger partial charge in [0.1, 0.15) is 16.4 Å². The molecule has 0 bridgehead atoms. The van der Waals surface area contributed by atoms with Gasteiger partial charge in [0.15, 0.2) is 0 Å². The summed E-state index contributed by atoms with van der Waals surface area (Å²) in [6.45, 7) is 10.8. The van der Waals surface area contributed by atoms with Gasteiger partial charge in [-0.2, -0.15) is 4.31 Å². The third-order valence-electron chi connectivity index (χ3n) is 6.18. The molecule has 1 heterocycles. The normalized spacial score (nSPS) is 15.1. The van der Waals surface area contributed by atoms with Crippen LogP contribution in [0.15, 0.2) is 35.7 Å². The fourth-order valence-electron chi connectivity index (χ4n) is 4.47. The number of allylic oxidation sites excluding steroid dienone is 1. The number of unbranched alkanes of at least 4 members (excludes halogenated alkanes) is 2. The Morgan fingerprint density at radius 2 is 1.78 bits per heavy atom. The zero-order valence-electron chi connectivity index (χ0n) is 19.4. The van der Waals surface area contributed by atoms with Crippen molar-refractivity contribution >= 4 is 15.6 Å². The number of benzene rings is 2.